The number of sulfonamides is 1. The van der Waals surface area contributed by atoms with E-state index in [2.05, 4.69) is 10.0 Å². The van der Waals surface area contributed by atoms with Crippen LogP contribution in [0, 0.1) is 17.1 Å². The molecule has 3 aromatic carbocycles. The average Bonchev–Trinajstić information content (AvgIpc) is 2.84. The van der Waals surface area contributed by atoms with Crippen molar-refractivity contribution in [2.24, 2.45) is 0 Å². The van der Waals surface area contributed by atoms with Crippen LogP contribution >= 0.6 is 0 Å². The van der Waals surface area contributed by atoms with E-state index in [1.54, 1.807) is 54.6 Å². The molecule has 3 aromatic rings. The molecule has 0 unspecified atom stereocenters. The van der Waals surface area contributed by atoms with Gasteiger partial charge in [-0.3, -0.25) is 9.59 Å². The van der Waals surface area contributed by atoms with E-state index in [9.17, 15) is 22.4 Å². The molecule has 10 heteroatoms. The predicted octanol–water partition coefficient (Wildman–Crippen LogP) is 2.96. The Morgan fingerprint density at radius 2 is 1.60 bits per heavy atom. The molecule has 3 rings (SSSR count). The molecule has 0 aliphatic heterocycles. The molecular formula is C25H22FN3O5S. The Morgan fingerprint density at radius 3 is 2.26 bits per heavy atom. The van der Waals surface area contributed by atoms with Gasteiger partial charge in [-0.1, -0.05) is 54.6 Å². The minimum Gasteiger partial charge on any atom is -0.454 e. The van der Waals surface area contributed by atoms with Gasteiger partial charge in [0.25, 0.3) is 5.91 Å². The molecule has 0 saturated heterocycles. The lowest BCUT2D eigenvalue weighted by atomic mass is 10.1. The van der Waals surface area contributed by atoms with Crippen LogP contribution in [0.1, 0.15) is 11.1 Å². The lowest BCUT2D eigenvalue weighted by molar-refractivity contribution is -0.149. The summed E-state index contributed by atoms with van der Waals surface area (Å²) in [6.07, 6.45) is 0.159. The maximum atomic E-state index is 14.1. The van der Waals surface area contributed by atoms with Crippen molar-refractivity contribution in [1.82, 2.24) is 4.72 Å². The van der Waals surface area contributed by atoms with Gasteiger partial charge in [-0.2, -0.15) is 9.98 Å². The van der Waals surface area contributed by atoms with Gasteiger partial charge in [-0.15, -0.1) is 0 Å². The molecule has 35 heavy (non-hydrogen) atoms. The molecule has 2 N–H and O–H groups in total. The van der Waals surface area contributed by atoms with Crippen LogP contribution in [0.4, 0.5) is 10.1 Å². The topological polar surface area (TPSA) is 125 Å². The van der Waals surface area contributed by atoms with Gasteiger partial charge in [-0.05, 0) is 41.8 Å². The second kappa shape index (κ2) is 11.9. The smallest absolute Gasteiger partial charge is 0.325 e. The fraction of sp³-hybridized carbons (Fsp3) is 0.160. The lowest BCUT2D eigenvalue weighted by Gasteiger charge is -2.18. The summed E-state index contributed by atoms with van der Waals surface area (Å²) in [4.78, 5) is 24.4. The van der Waals surface area contributed by atoms with E-state index in [4.69, 9.17) is 10.00 Å². The first kappa shape index (κ1) is 25.6. The zero-order chi connectivity index (χ0) is 25.3. The summed E-state index contributed by atoms with van der Waals surface area (Å²) in [6, 6.07) is 20.6. The zero-order valence-electron chi connectivity index (χ0n) is 18.5. The number of nitrogens with zero attached hydrogens (tertiary/aromatic N) is 1. The molecule has 0 fully saturated rings. The molecule has 0 aliphatic rings. The summed E-state index contributed by atoms with van der Waals surface area (Å²) in [5.41, 5.74) is 1.85. The first-order valence-electron chi connectivity index (χ1n) is 10.5. The number of carbonyl (C=O) groups excluding carboxylic acids is 2. The normalized spacial score (nSPS) is 11.8. The minimum absolute atomic E-state index is 0.0741. The summed E-state index contributed by atoms with van der Waals surface area (Å²) < 4.78 is 46.9. The van der Waals surface area contributed by atoms with Crippen LogP contribution in [0.3, 0.4) is 0 Å². The van der Waals surface area contributed by atoms with Crippen LogP contribution in [-0.2, 0) is 37.2 Å². The predicted molar refractivity (Wildman–Crippen MR) is 126 cm³/mol. The monoisotopic (exact) mass is 495 g/mol. The molecule has 180 valence electrons. The molecule has 8 nitrogen and oxygen atoms in total. The number of nitriles is 1. The maximum Gasteiger partial charge on any atom is 0.325 e. The van der Waals surface area contributed by atoms with Crippen LogP contribution in [0.15, 0.2) is 83.8 Å². The number of ether oxygens (including phenoxy) is 1. The highest BCUT2D eigenvalue weighted by atomic mass is 32.2. The fourth-order valence-corrected chi connectivity index (χ4v) is 4.43. The van der Waals surface area contributed by atoms with E-state index in [1.807, 2.05) is 6.07 Å². The first-order chi connectivity index (χ1) is 16.8. The lowest BCUT2D eigenvalue weighted by Crippen LogP contribution is -2.44. The largest absolute Gasteiger partial charge is 0.454 e. The van der Waals surface area contributed by atoms with Crippen LogP contribution in [0.2, 0.25) is 0 Å². The molecule has 0 bridgehead atoms. The molecule has 1 amide bonds. The number of rotatable bonds is 10. The standard InChI is InChI=1S/C25H22FN3O5S/c26-21-8-4-5-9-23(21)35(32,33)29-22(16-19-6-2-1-3-7-19)25(31)34-17-24(30)28-20-12-10-18(11-13-20)14-15-27/h1-13,22,29H,14,16-17H2,(H,28,30)/t22-/m0/s1. The Morgan fingerprint density at radius 1 is 0.943 bits per heavy atom. The Labute approximate surface area is 202 Å². The third kappa shape index (κ3) is 7.46. The van der Waals surface area contributed by atoms with E-state index in [-0.39, 0.29) is 12.8 Å². The van der Waals surface area contributed by atoms with Gasteiger partial charge in [0.15, 0.2) is 6.61 Å². The third-order valence-electron chi connectivity index (χ3n) is 4.86. The summed E-state index contributed by atoms with van der Waals surface area (Å²) >= 11 is 0. The highest BCUT2D eigenvalue weighted by Crippen LogP contribution is 2.16. The van der Waals surface area contributed by atoms with Crippen LogP contribution in [-0.4, -0.2) is 32.9 Å². The number of esters is 1. The first-order valence-corrected chi connectivity index (χ1v) is 12.0. The van der Waals surface area contributed by atoms with Crippen molar-refractivity contribution >= 4 is 27.6 Å². The molecule has 0 saturated carbocycles. The summed E-state index contributed by atoms with van der Waals surface area (Å²) in [7, 11) is -4.40. The number of anilines is 1. The SMILES string of the molecule is N#CCc1ccc(NC(=O)COC(=O)[C@H](Cc2ccccc2)NS(=O)(=O)c2ccccc2F)cc1. The Balaban J connectivity index is 1.68. The Hall–Kier alpha value is -4.07. The second-order valence-corrected chi connectivity index (χ2v) is 9.16. The molecular weight excluding hydrogens is 473 g/mol. The molecule has 1 atom stereocenters. The number of amides is 1. The summed E-state index contributed by atoms with van der Waals surface area (Å²) in [6.45, 7) is -0.661. The summed E-state index contributed by atoms with van der Waals surface area (Å²) in [5, 5.41) is 11.3. The van der Waals surface area contributed by atoms with Crippen LogP contribution in [0.25, 0.3) is 0 Å². The molecule has 0 aromatic heterocycles. The van der Waals surface area contributed by atoms with Gasteiger partial charge in [0.1, 0.15) is 16.8 Å². The molecule has 0 spiro atoms. The van der Waals surface area contributed by atoms with Gasteiger partial charge >= 0.3 is 5.97 Å². The van der Waals surface area contributed by atoms with Gasteiger partial charge in [-0.25, -0.2) is 12.8 Å². The van der Waals surface area contributed by atoms with Gasteiger partial charge in [0, 0.05) is 5.69 Å². The number of hydrogen-bond acceptors (Lipinski definition) is 6. The quantitative estimate of drug-likeness (QED) is 0.417. The van der Waals surface area contributed by atoms with E-state index in [1.165, 1.54) is 12.1 Å². The van der Waals surface area contributed by atoms with Crippen LogP contribution < -0.4 is 10.0 Å². The van der Waals surface area contributed by atoms with E-state index < -0.39 is 45.3 Å². The maximum absolute atomic E-state index is 14.1. The van der Waals surface area contributed by atoms with Crippen molar-refractivity contribution in [1.29, 1.82) is 5.26 Å². The van der Waals surface area contributed by atoms with Gasteiger partial charge in [0.05, 0.1) is 12.5 Å². The second-order valence-electron chi connectivity index (χ2n) is 7.48. The van der Waals surface area contributed by atoms with Gasteiger partial charge in [0.2, 0.25) is 10.0 Å². The number of benzene rings is 3. The average molecular weight is 496 g/mol. The zero-order valence-corrected chi connectivity index (χ0v) is 19.3. The highest BCUT2D eigenvalue weighted by molar-refractivity contribution is 7.89. The van der Waals surface area contributed by atoms with E-state index >= 15 is 0 Å². The Kier molecular flexibility index (Phi) is 8.67. The van der Waals surface area contributed by atoms with Crippen molar-refractivity contribution in [3.8, 4) is 6.07 Å². The number of carbonyl (C=O) groups is 2. The van der Waals surface area contributed by atoms with Crippen molar-refractivity contribution in [2.75, 3.05) is 11.9 Å². The summed E-state index contributed by atoms with van der Waals surface area (Å²) in [5.74, 6) is -2.60. The number of nitrogens with one attached hydrogen (secondary N) is 2. The highest BCUT2D eigenvalue weighted by Gasteiger charge is 2.29. The van der Waals surface area contributed by atoms with Crippen LogP contribution in [0.5, 0.6) is 0 Å². The van der Waals surface area contributed by atoms with Crippen molar-refractivity contribution in [2.45, 2.75) is 23.8 Å². The van der Waals surface area contributed by atoms with Crippen molar-refractivity contribution < 1.29 is 27.1 Å². The molecule has 0 aliphatic carbocycles. The molecule has 0 heterocycles. The van der Waals surface area contributed by atoms with E-state index in [0.29, 0.717) is 11.3 Å². The van der Waals surface area contributed by atoms with Gasteiger partial charge < -0.3 is 10.1 Å². The van der Waals surface area contributed by atoms with Crippen molar-refractivity contribution in [3.05, 3.63) is 95.8 Å². The molecule has 0 radical (unpaired) electrons. The third-order valence-corrected chi connectivity index (χ3v) is 6.36. The van der Waals surface area contributed by atoms with Crippen molar-refractivity contribution in [3.63, 3.8) is 0 Å². The minimum atomic E-state index is -4.40. The van der Waals surface area contributed by atoms with E-state index in [0.717, 1.165) is 17.7 Å². The fourth-order valence-electron chi connectivity index (χ4n) is 3.17. The Bertz CT molecular complexity index is 1320. The number of halogens is 1. The number of hydrogen-bond donors (Lipinski definition) is 2.